The summed E-state index contributed by atoms with van der Waals surface area (Å²) in [5.41, 5.74) is 2.39. The maximum Gasteiger partial charge on any atom is 0.321 e. The summed E-state index contributed by atoms with van der Waals surface area (Å²) in [6.45, 7) is 14.0. The van der Waals surface area contributed by atoms with E-state index in [1.165, 1.54) is 109 Å². The van der Waals surface area contributed by atoms with E-state index in [0.717, 1.165) is 36.5 Å². The highest BCUT2D eigenvalue weighted by Crippen LogP contribution is 2.29. The van der Waals surface area contributed by atoms with Crippen molar-refractivity contribution in [2.24, 2.45) is 0 Å². The molecule has 0 amide bonds. The molecule has 0 spiro atoms. The molecule has 0 radical (unpaired) electrons. The molecule has 4 fully saturated rings. The van der Waals surface area contributed by atoms with E-state index < -0.39 is 0 Å². The minimum atomic E-state index is 0.00188. The van der Waals surface area contributed by atoms with Gasteiger partial charge in [0.15, 0.2) is 0 Å². The average molecular weight is 769 g/mol. The number of aromatic nitrogens is 4. The Morgan fingerprint density at radius 1 is 0.564 bits per heavy atom. The van der Waals surface area contributed by atoms with Gasteiger partial charge >= 0.3 is 12.0 Å². The summed E-state index contributed by atoms with van der Waals surface area (Å²) in [6, 6.07) is 22.4. The molecule has 2 saturated heterocycles. The molecule has 2 unspecified atom stereocenters. The molecular weight excluding hydrogens is 708 g/mol. The molecule has 8 rings (SSSR count). The van der Waals surface area contributed by atoms with Crippen molar-refractivity contribution >= 4 is 11.6 Å². The van der Waals surface area contributed by atoms with E-state index in [-0.39, 0.29) is 5.38 Å². The molecule has 296 valence electrons. The number of ether oxygens (including phenoxy) is 2. The SMILES string of the molecule is C1CCC(N2CCNCC2)CC1.CC(Cl)c1ccc(Oc2ncccn2)cc1.CC(c1ccc(Oc2ncccn2)cc1)N1CCN(C2CCCCC2)CC1. The molecule has 0 bridgehead atoms. The fourth-order valence-electron chi connectivity index (χ4n) is 8.14. The second-order valence-electron chi connectivity index (χ2n) is 15.1. The molecule has 11 heteroatoms. The first-order valence-corrected chi connectivity index (χ1v) is 21.1. The number of hydrogen-bond acceptors (Lipinski definition) is 10. The van der Waals surface area contributed by atoms with E-state index in [2.05, 4.69) is 59.0 Å². The highest BCUT2D eigenvalue weighted by Gasteiger charge is 2.27. The van der Waals surface area contributed by atoms with Crippen molar-refractivity contribution in [2.45, 2.75) is 102 Å². The molecule has 2 aliphatic carbocycles. The number of halogens is 1. The molecular formula is C44H61ClN8O2. The van der Waals surface area contributed by atoms with Gasteiger partial charge in [-0.1, -0.05) is 62.8 Å². The van der Waals surface area contributed by atoms with Gasteiger partial charge in [-0.3, -0.25) is 14.7 Å². The van der Waals surface area contributed by atoms with E-state index >= 15 is 0 Å². The van der Waals surface area contributed by atoms with Crippen molar-refractivity contribution in [3.63, 3.8) is 0 Å². The molecule has 4 aromatic rings. The van der Waals surface area contributed by atoms with Crippen LogP contribution in [0.25, 0.3) is 0 Å². The zero-order valence-corrected chi connectivity index (χ0v) is 33.7. The van der Waals surface area contributed by atoms with Crippen molar-refractivity contribution in [1.82, 2.24) is 40.0 Å². The Hall–Kier alpha value is -3.67. The van der Waals surface area contributed by atoms with Crippen LogP contribution < -0.4 is 14.8 Å². The Bertz CT molecular complexity index is 1590. The van der Waals surface area contributed by atoms with E-state index in [1.54, 1.807) is 36.9 Å². The standard InChI is InChI=1S/C22H30N4O.C12H11ClN2O.C10H20N2/c1-18(25-14-16-26(17-15-25)20-6-3-2-4-7-20)19-8-10-21(11-9-19)27-22-23-12-5-13-24-22;1-9(13)10-3-5-11(6-4-10)16-12-14-7-2-8-15-12;1-2-4-10(5-3-1)12-8-6-11-7-9-12/h5,8-13,18,20H,2-4,6-7,14-17H2,1H3;2-9H,1H3;10-11H,1-9H2. The molecule has 10 nitrogen and oxygen atoms in total. The third-order valence-corrected chi connectivity index (χ3v) is 11.7. The summed E-state index contributed by atoms with van der Waals surface area (Å²) in [7, 11) is 0. The number of alkyl halides is 1. The lowest BCUT2D eigenvalue weighted by Crippen LogP contribution is -2.51. The van der Waals surface area contributed by atoms with Crippen LogP contribution in [0.5, 0.6) is 23.5 Å². The van der Waals surface area contributed by atoms with E-state index in [0.29, 0.717) is 23.8 Å². The fourth-order valence-corrected chi connectivity index (χ4v) is 8.29. The molecule has 4 heterocycles. The lowest BCUT2D eigenvalue weighted by atomic mass is 9.93. The van der Waals surface area contributed by atoms with Crippen LogP contribution in [0.1, 0.15) is 101 Å². The van der Waals surface area contributed by atoms with Gasteiger partial charge in [-0.25, -0.2) is 19.9 Å². The maximum absolute atomic E-state index is 5.95. The molecule has 2 atom stereocenters. The highest BCUT2D eigenvalue weighted by atomic mass is 35.5. The minimum Gasteiger partial charge on any atom is -0.424 e. The zero-order valence-electron chi connectivity index (χ0n) is 32.9. The van der Waals surface area contributed by atoms with Crippen LogP contribution in [-0.2, 0) is 0 Å². The summed E-state index contributed by atoms with van der Waals surface area (Å²) in [5.74, 6) is 1.48. The predicted octanol–water partition coefficient (Wildman–Crippen LogP) is 9.07. The maximum atomic E-state index is 5.95. The molecule has 55 heavy (non-hydrogen) atoms. The number of rotatable bonds is 9. The van der Waals surface area contributed by atoms with Crippen LogP contribution in [0.3, 0.4) is 0 Å². The Balaban J connectivity index is 0.000000155. The van der Waals surface area contributed by atoms with Crippen molar-refractivity contribution in [3.05, 3.63) is 96.6 Å². The smallest absolute Gasteiger partial charge is 0.321 e. The molecule has 2 saturated carbocycles. The van der Waals surface area contributed by atoms with Crippen molar-refractivity contribution in [1.29, 1.82) is 0 Å². The highest BCUT2D eigenvalue weighted by molar-refractivity contribution is 6.20. The van der Waals surface area contributed by atoms with Gasteiger partial charge < -0.3 is 14.8 Å². The fraction of sp³-hybridized carbons (Fsp3) is 0.545. The van der Waals surface area contributed by atoms with E-state index in [9.17, 15) is 0 Å². The molecule has 2 aromatic carbocycles. The lowest BCUT2D eigenvalue weighted by molar-refractivity contribution is 0.0602. The summed E-state index contributed by atoms with van der Waals surface area (Å²) in [4.78, 5) is 24.2. The van der Waals surface area contributed by atoms with Gasteiger partial charge in [-0.2, -0.15) is 0 Å². The topological polar surface area (TPSA) is 91.8 Å². The first-order chi connectivity index (χ1) is 27.0. The third-order valence-electron chi connectivity index (χ3n) is 11.4. The van der Waals surface area contributed by atoms with Gasteiger partial charge in [-0.15, -0.1) is 11.6 Å². The summed E-state index contributed by atoms with van der Waals surface area (Å²) in [5, 5.41) is 3.41. The van der Waals surface area contributed by atoms with Gasteiger partial charge in [0.1, 0.15) is 11.5 Å². The van der Waals surface area contributed by atoms with E-state index in [4.69, 9.17) is 21.1 Å². The van der Waals surface area contributed by atoms with Crippen molar-refractivity contribution in [2.75, 3.05) is 52.4 Å². The number of benzene rings is 2. The Kier molecular flexibility index (Phi) is 16.5. The summed E-state index contributed by atoms with van der Waals surface area (Å²) in [6.07, 6.45) is 21.1. The van der Waals surface area contributed by atoms with Gasteiger partial charge in [-0.05, 0) is 87.1 Å². The Morgan fingerprint density at radius 3 is 1.42 bits per heavy atom. The number of nitrogens with zero attached hydrogens (tertiary/aromatic N) is 7. The second kappa shape index (κ2) is 22.2. The quantitative estimate of drug-likeness (QED) is 0.166. The number of piperazine rings is 2. The van der Waals surface area contributed by atoms with Gasteiger partial charge in [0.05, 0.1) is 5.38 Å². The van der Waals surface area contributed by atoms with Crippen molar-refractivity contribution < 1.29 is 9.47 Å². The van der Waals surface area contributed by atoms with E-state index in [1.807, 2.05) is 43.3 Å². The van der Waals surface area contributed by atoms with Crippen LogP contribution in [0.2, 0.25) is 0 Å². The molecule has 2 aromatic heterocycles. The Morgan fingerprint density at radius 2 is 0.982 bits per heavy atom. The van der Waals surface area contributed by atoms with Crippen LogP contribution in [0.4, 0.5) is 0 Å². The Labute approximate surface area is 334 Å². The lowest BCUT2D eigenvalue weighted by Gasteiger charge is -2.42. The monoisotopic (exact) mass is 768 g/mol. The molecule has 1 N–H and O–H groups in total. The predicted molar refractivity (Wildman–Crippen MR) is 221 cm³/mol. The number of hydrogen-bond donors (Lipinski definition) is 1. The largest absolute Gasteiger partial charge is 0.424 e. The summed E-state index contributed by atoms with van der Waals surface area (Å²) >= 11 is 5.95. The summed E-state index contributed by atoms with van der Waals surface area (Å²) < 4.78 is 11.1. The first kappa shape index (κ1) is 41.0. The van der Waals surface area contributed by atoms with Gasteiger partial charge in [0.2, 0.25) is 0 Å². The normalized spacial score (nSPS) is 20.2. The van der Waals surface area contributed by atoms with Crippen LogP contribution in [0, 0.1) is 0 Å². The zero-order chi connectivity index (χ0) is 38.1. The average Bonchev–Trinajstić information content (AvgIpc) is 3.26. The van der Waals surface area contributed by atoms with Crippen LogP contribution >= 0.6 is 11.6 Å². The van der Waals surface area contributed by atoms with Gasteiger partial charge in [0.25, 0.3) is 0 Å². The van der Waals surface area contributed by atoms with Gasteiger partial charge in [0, 0.05) is 95.3 Å². The minimum absolute atomic E-state index is 0.00188. The van der Waals surface area contributed by atoms with Crippen molar-refractivity contribution in [3.8, 4) is 23.5 Å². The first-order valence-electron chi connectivity index (χ1n) is 20.7. The van der Waals surface area contributed by atoms with Crippen LogP contribution in [0.15, 0.2) is 85.5 Å². The third kappa shape index (κ3) is 13.2. The van der Waals surface area contributed by atoms with Crippen LogP contribution in [-0.4, -0.2) is 99.1 Å². The number of nitrogens with one attached hydrogen (secondary N) is 1. The molecule has 2 aliphatic heterocycles. The molecule has 4 aliphatic rings. The second-order valence-corrected chi connectivity index (χ2v) is 15.8.